The lowest BCUT2D eigenvalue weighted by molar-refractivity contribution is 0.601. The van der Waals surface area contributed by atoms with Crippen LogP contribution < -0.4 is 4.72 Å². The standard InChI is InChI=1S/C16H9BrN4O2S/c17-13-4-5-14(16-15(13)11(8-19)9-20-16)21-24(22,23)12-3-1-2-10(6-12)7-18/h1-6,9,20-21H. The number of rotatable bonds is 3. The summed E-state index contributed by atoms with van der Waals surface area (Å²) in [6, 6.07) is 13.0. The molecule has 1 aromatic heterocycles. The van der Waals surface area contributed by atoms with Crippen LogP contribution in [0.25, 0.3) is 10.9 Å². The van der Waals surface area contributed by atoms with E-state index in [1.807, 2.05) is 6.07 Å². The molecule has 0 amide bonds. The molecule has 0 unspecified atom stereocenters. The van der Waals surface area contributed by atoms with Crippen molar-refractivity contribution >= 4 is 42.5 Å². The molecule has 0 aliphatic heterocycles. The Morgan fingerprint density at radius 2 is 1.92 bits per heavy atom. The van der Waals surface area contributed by atoms with E-state index < -0.39 is 10.0 Å². The van der Waals surface area contributed by atoms with Gasteiger partial charge in [0.25, 0.3) is 10.0 Å². The van der Waals surface area contributed by atoms with Gasteiger partial charge in [-0.25, -0.2) is 8.42 Å². The van der Waals surface area contributed by atoms with E-state index in [9.17, 15) is 8.42 Å². The van der Waals surface area contributed by atoms with Crippen molar-refractivity contribution < 1.29 is 8.42 Å². The number of sulfonamides is 1. The van der Waals surface area contributed by atoms with Crippen molar-refractivity contribution in [2.24, 2.45) is 0 Å². The molecule has 118 valence electrons. The average Bonchev–Trinajstić information content (AvgIpc) is 3.02. The van der Waals surface area contributed by atoms with Gasteiger partial charge in [0, 0.05) is 16.1 Å². The van der Waals surface area contributed by atoms with Crippen molar-refractivity contribution in [2.45, 2.75) is 4.90 Å². The number of nitrogens with one attached hydrogen (secondary N) is 2. The Morgan fingerprint density at radius 1 is 1.12 bits per heavy atom. The maximum Gasteiger partial charge on any atom is 0.262 e. The number of H-pyrrole nitrogens is 1. The second kappa shape index (κ2) is 6.00. The summed E-state index contributed by atoms with van der Waals surface area (Å²) in [6.07, 6.45) is 1.52. The van der Waals surface area contributed by atoms with E-state index >= 15 is 0 Å². The van der Waals surface area contributed by atoms with E-state index in [0.717, 1.165) is 0 Å². The topological polar surface area (TPSA) is 110 Å². The zero-order chi connectivity index (χ0) is 17.3. The molecule has 0 bridgehead atoms. The van der Waals surface area contributed by atoms with Gasteiger partial charge in [-0.2, -0.15) is 10.5 Å². The number of anilines is 1. The minimum Gasteiger partial charge on any atom is -0.358 e. The maximum absolute atomic E-state index is 12.6. The Balaban J connectivity index is 2.10. The number of nitrogens with zero attached hydrogens (tertiary/aromatic N) is 2. The van der Waals surface area contributed by atoms with E-state index in [0.29, 0.717) is 26.6 Å². The molecular weight excluding hydrogens is 392 g/mol. The summed E-state index contributed by atoms with van der Waals surface area (Å²) in [6.45, 7) is 0. The molecule has 8 heteroatoms. The first-order valence-corrected chi connectivity index (χ1v) is 8.96. The highest BCUT2D eigenvalue weighted by molar-refractivity contribution is 9.10. The van der Waals surface area contributed by atoms with Gasteiger partial charge >= 0.3 is 0 Å². The molecule has 3 aromatic rings. The number of aromatic amines is 1. The molecule has 0 saturated carbocycles. The highest BCUT2D eigenvalue weighted by atomic mass is 79.9. The van der Waals surface area contributed by atoms with Gasteiger partial charge in [0.2, 0.25) is 0 Å². The van der Waals surface area contributed by atoms with Crippen LogP contribution in [0.15, 0.2) is 52.0 Å². The third-order valence-electron chi connectivity index (χ3n) is 3.42. The first-order chi connectivity index (χ1) is 11.5. The second-order valence-electron chi connectivity index (χ2n) is 4.90. The van der Waals surface area contributed by atoms with Crippen LogP contribution in [0.3, 0.4) is 0 Å². The molecule has 0 spiro atoms. The average molecular weight is 401 g/mol. The molecule has 0 fully saturated rings. The monoisotopic (exact) mass is 400 g/mol. The Morgan fingerprint density at radius 3 is 2.62 bits per heavy atom. The molecule has 0 aliphatic carbocycles. The molecule has 24 heavy (non-hydrogen) atoms. The van der Waals surface area contributed by atoms with Crippen molar-refractivity contribution in [3.8, 4) is 12.1 Å². The first-order valence-electron chi connectivity index (χ1n) is 6.69. The molecule has 2 N–H and O–H groups in total. The number of halogens is 1. The lowest BCUT2D eigenvalue weighted by Gasteiger charge is -2.10. The van der Waals surface area contributed by atoms with E-state index in [1.54, 1.807) is 12.1 Å². The van der Waals surface area contributed by atoms with Crippen molar-refractivity contribution in [1.82, 2.24) is 4.98 Å². The Bertz CT molecular complexity index is 1140. The number of fused-ring (bicyclic) bond motifs is 1. The van der Waals surface area contributed by atoms with Crippen LogP contribution in [0.4, 0.5) is 5.69 Å². The smallest absolute Gasteiger partial charge is 0.262 e. The Hall–Kier alpha value is -2.81. The van der Waals surface area contributed by atoms with Gasteiger partial charge < -0.3 is 4.98 Å². The number of hydrogen-bond donors (Lipinski definition) is 2. The quantitative estimate of drug-likeness (QED) is 0.700. The van der Waals surface area contributed by atoms with Gasteiger partial charge in [-0.15, -0.1) is 0 Å². The van der Waals surface area contributed by atoms with Gasteiger partial charge in [-0.05, 0) is 30.3 Å². The first kappa shape index (κ1) is 16.1. The highest BCUT2D eigenvalue weighted by Crippen LogP contribution is 2.33. The summed E-state index contributed by atoms with van der Waals surface area (Å²) in [5.41, 5.74) is 1.48. The van der Waals surface area contributed by atoms with Crippen LogP contribution >= 0.6 is 15.9 Å². The molecule has 1 heterocycles. The van der Waals surface area contributed by atoms with Crippen molar-refractivity contribution in [2.75, 3.05) is 4.72 Å². The number of benzene rings is 2. The van der Waals surface area contributed by atoms with Gasteiger partial charge in [0.1, 0.15) is 6.07 Å². The van der Waals surface area contributed by atoms with E-state index in [2.05, 4.69) is 31.7 Å². The molecule has 0 aliphatic rings. The third-order valence-corrected chi connectivity index (χ3v) is 5.45. The molecule has 0 saturated heterocycles. The fourth-order valence-electron chi connectivity index (χ4n) is 2.32. The zero-order valence-corrected chi connectivity index (χ0v) is 14.4. The van der Waals surface area contributed by atoms with Crippen molar-refractivity contribution in [1.29, 1.82) is 10.5 Å². The lowest BCUT2D eigenvalue weighted by Crippen LogP contribution is -2.13. The molecule has 2 aromatic carbocycles. The number of nitriles is 2. The van der Waals surface area contributed by atoms with Crippen LogP contribution in [-0.2, 0) is 10.0 Å². The van der Waals surface area contributed by atoms with Crippen LogP contribution in [0.5, 0.6) is 0 Å². The number of hydrogen-bond acceptors (Lipinski definition) is 4. The maximum atomic E-state index is 12.6. The van der Waals surface area contributed by atoms with Crippen molar-refractivity contribution in [3.05, 3.63) is 58.2 Å². The molecule has 3 rings (SSSR count). The van der Waals surface area contributed by atoms with Crippen LogP contribution in [0, 0.1) is 22.7 Å². The van der Waals surface area contributed by atoms with Gasteiger partial charge in [0.05, 0.1) is 33.3 Å². The predicted octanol–water partition coefficient (Wildman–Crippen LogP) is 3.47. The predicted molar refractivity (Wildman–Crippen MR) is 92.7 cm³/mol. The minimum absolute atomic E-state index is 0.00955. The normalized spacial score (nSPS) is 11.0. The third kappa shape index (κ3) is 2.73. The summed E-state index contributed by atoms with van der Waals surface area (Å²) < 4.78 is 28.3. The summed E-state index contributed by atoms with van der Waals surface area (Å²) >= 11 is 3.36. The minimum atomic E-state index is -3.87. The van der Waals surface area contributed by atoms with Gasteiger partial charge in [-0.3, -0.25) is 4.72 Å². The summed E-state index contributed by atoms with van der Waals surface area (Å²) in [4.78, 5) is 2.90. The largest absolute Gasteiger partial charge is 0.358 e. The van der Waals surface area contributed by atoms with E-state index in [1.165, 1.54) is 30.5 Å². The van der Waals surface area contributed by atoms with E-state index in [-0.39, 0.29) is 10.5 Å². The Kier molecular flexibility index (Phi) is 4.02. The zero-order valence-electron chi connectivity index (χ0n) is 12.0. The SMILES string of the molecule is N#Cc1cccc(S(=O)(=O)Nc2ccc(Br)c3c(C#N)c[nH]c23)c1. The Labute approximate surface area is 146 Å². The molecule has 0 radical (unpaired) electrons. The van der Waals surface area contributed by atoms with Crippen LogP contribution in [0.2, 0.25) is 0 Å². The fraction of sp³-hybridized carbons (Fsp3) is 0. The molecular formula is C16H9BrN4O2S. The fourth-order valence-corrected chi connectivity index (χ4v) is 3.98. The number of aromatic nitrogens is 1. The highest BCUT2D eigenvalue weighted by Gasteiger charge is 2.18. The van der Waals surface area contributed by atoms with Crippen LogP contribution in [-0.4, -0.2) is 13.4 Å². The second-order valence-corrected chi connectivity index (χ2v) is 7.44. The van der Waals surface area contributed by atoms with Gasteiger partial charge in [-0.1, -0.05) is 22.0 Å². The molecule has 0 atom stereocenters. The summed E-state index contributed by atoms with van der Waals surface area (Å²) in [7, 11) is -3.87. The van der Waals surface area contributed by atoms with Crippen molar-refractivity contribution in [3.63, 3.8) is 0 Å². The summed E-state index contributed by atoms with van der Waals surface area (Å²) in [5, 5.41) is 18.7. The van der Waals surface area contributed by atoms with Gasteiger partial charge in [0.15, 0.2) is 0 Å². The van der Waals surface area contributed by atoms with E-state index in [4.69, 9.17) is 10.5 Å². The van der Waals surface area contributed by atoms with Crippen LogP contribution in [0.1, 0.15) is 11.1 Å². The lowest BCUT2D eigenvalue weighted by atomic mass is 10.2. The summed E-state index contributed by atoms with van der Waals surface area (Å²) in [5.74, 6) is 0. The molecule has 6 nitrogen and oxygen atoms in total.